The van der Waals surface area contributed by atoms with E-state index in [9.17, 15) is 4.79 Å². The number of hydrogen-bond donors (Lipinski definition) is 0. The van der Waals surface area contributed by atoms with Gasteiger partial charge in [-0.05, 0) is 18.6 Å². The van der Waals surface area contributed by atoms with Gasteiger partial charge in [0.15, 0.2) is 0 Å². The Morgan fingerprint density at radius 1 is 1.47 bits per heavy atom. The van der Waals surface area contributed by atoms with Crippen LogP contribution < -0.4 is 0 Å². The first-order chi connectivity index (χ1) is 7.25. The largest absolute Gasteiger partial charge is 0.508 e. The van der Waals surface area contributed by atoms with E-state index in [2.05, 4.69) is 19.1 Å². The molecule has 0 spiro atoms. The van der Waals surface area contributed by atoms with Crippen molar-refractivity contribution in [1.29, 1.82) is 0 Å². The molecule has 1 aromatic rings. The summed E-state index contributed by atoms with van der Waals surface area (Å²) in [5, 5.41) is 0. The van der Waals surface area contributed by atoms with Crippen molar-refractivity contribution in [3.63, 3.8) is 0 Å². The van der Waals surface area contributed by atoms with Crippen molar-refractivity contribution >= 4 is 17.9 Å². The van der Waals surface area contributed by atoms with Gasteiger partial charge in [0, 0.05) is 10.6 Å². The maximum atomic E-state index is 10.7. The van der Waals surface area contributed by atoms with Gasteiger partial charge >= 0.3 is 6.16 Å². The van der Waals surface area contributed by atoms with E-state index in [-0.39, 0.29) is 6.10 Å². The molecule has 1 fully saturated rings. The van der Waals surface area contributed by atoms with E-state index in [1.165, 1.54) is 10.5 Å². The molecule has 2 rings (SSSR count). The molecule has 1 atom stereocenters. The number of benzene rings is 1. The summed E-state index contributed by atoms with van der Waals surface area (Å²) in [6.45, 7) is 2.44. The first kappa shape index (κ1) is 10.4. The number of thioether (sulfide) groups is 1. The van der Waals surface area contributed by atoms with Gasteiger partial charge in [0.25, 0.3) is 0 Å². The van der Waals surface area contributed by atoms with Gasteiger partial charge in [-0.2, -0.15) is 0 Å². The lowest BCUT2D eigenvalue weighted by molar-refractivity contribution is 0.122. The lowest BCUT2D eigenvalue weighted by Gasteiger charge is -2.07. The van der Waals surface area contributed by atoms with Gasteiger partial charge in [0.1, 0.15) is 12.7 Å². The van der Waals surface area contributed by atoms with Crippen LogP contribution in [0.2, 0.25) is 0 Å². The smallest absolute Gasteiger partial charge is 0.430 e. The van der Waals surface area contributed by atoms with E-state index in [0.29, 0.717) is 6.61 Å². The highest BCUT2D eigenvalue weighted by Crippen LogP contribution is 2.24. The number of ether oxygens (including phenoxy) is 2. The molecule has 80 valence electrons. The zero-order valence-electron chi connectivity index (χ0n) is 8.43. The van der Waals surface area contributed by atoms with E-state index in [4.69, 9.17) is 9.47 Å². The fourth-order valence-corrected chi connectivity index (χ4v) is 2.35. The summed E-state index contributed by atoms with van der Waals surface area (Å²) in [4.78, 5) is 11.9. The molecule has 0 saturated carbocycles. The molecular formula is C11H12O3S. The summed E-state index contributed by atoms with van der Waals surface area (Å²) >= 11 is 1.69. The number of rotatable bonds is 3. The highest BCUT2D eigenvalue weighted by atomic mass is 32.2. The third-order valence-corrected chi connectivity index (χ3v) is 3.48. The fraction of sp³-hybridized carbons (Fsp3) is 0.364. The van der Waals surface area contributed by atoms with Gasteiger partial charge in [0.2, 0.25) is 0 Å². The predicted molar refractivity (Wildman–Crippen MR) is 58.1 cm³/mol. The Morgan fingerprint density at radius 2 is 2.27 bits per heavy atom. The average Bonchev–Trinajstić information content (AvgIpc) is 2.63. The summed E-state index contributed by atoms with van der Waals surface area (Å²) < 4.78 is 9.65. The van der Waals surface area contributed by atoms with Crippen molar-refractivity contribution in [2.24, 2.45) is 0 Å². The molecule has 0 N–H and O–H groups in total. The third-order valence-electron chi connectivity index (χ3n) is 2.17. The molecule has 3 nitrogen and oxygen atoms in total. The van der Waals surface area contributed by atoms with Gasteiger partial charge in [-0.3, -0.25) is 0 Å². The minimum Gasteiger partial charge on any atom is -0.430 e. The molecule has 1 aliphatic rings. The lowest BCUT2D eigenvalue weighted by Crippen LogP contribution is -2.12. The fourth-order valence-electron chi connectivity index (χ4n) is 1.35. The van der Waals surface area contributed by atoms with Crippen LogP contribution >= 0.6 is 11.8 Å². The van der Waals surface area contributed by atoms with E-state index in [0.717, 1.165) is 5.75 Å². The van der Waals surface area contributed by atoms with E-state index in [1.54, 1.807) is 11.8 Å². The molecule has 15 heavy (non-hydrogen) atoms. The molecule has 1 saturated heterocycles. The third kappa shape index (κ3) is 2.65. The maximum absolute atomic E-state index is 10.7. The molecule has 1 unspecified atom stereocenters. The molecule has 1 aromatic carbocycles. The van der Waals surface area contributed by atoms with Crippen molar-refractivity contribution in [3.8, 4) is 0 Å². The molecule has 1 heterocycles. The Bertz CT molecular complexity index is 365. The first-order valence-corrected chi connectivity index (χ1v) is 5.76. The van der Waals surface area contributed by atoms with Gasteiger partial charge in [-0.15, -0.1) is 11.8 Å². The molecule has 0 amide bonds. The second-order valence-corrected chi connectivity index (χ2v) is 4.44. The van der Waals surface area contributed by atoms with Crippen molar-refractivity contribution in [3.05, 3.63) is 29.8 Å². The molecule has 0 bridgehead atoms. The predicted octanol–water partition coefficient (Wildman–Crippen LogP) is 2.62. The Morgan fingerprint density at radius 3 is 2.93 bits per heavy atom. The van der Waals surface area contributed by atoms with Crippen molar-refractivity contribution in [1.82, 2.24) is 0 Å². The Labute approximate surface area is 92.8 Å². The molecule has 1 aliphatic heterocycles. The van der Waals surface area contributed by atoms with Crippen molar-refractivity contribution in [2.75, 3.05) is 12.4 Å². The summed E-state index contributed by atoms with van der Waals surface area (Å²) in [5.74, 6) is 0.747. The number of carbonyl (C=O) groups is 1. The number of carbonyl (C=O) groups excluding carboxylic acids is 1. The molecular weight excluding hydrogens is 212 g/mol. The maximum Gasteiger partial charge on any atom is 0.508 e. The quantitative estimate of drug-likeness (QED) is 0.584. The topological polar surface area (TPSA) is 35.5 Å². The molecule has 0 radical (unpaired) electrons. The monoisotopic (exact) mass is 224 g/mol. The summed E-state index contributed by atoms with van der Waals surface area (Å²) in [6, 6.07) is 8.15. The molecule has 0 aromatic heterocycles. The zero-order chi connectivity index (χ0) is 10.7. The van der Waals surface area contributed by atoms with Crippen LogP contribution in [0.1, 0.15) is 5.56 Å². The average molecular weight is 224 g/mol. The summed E-state index contributed by atoms with van der Waals surface area (Å²) in [6.07, 6.45) is -0.660. The molecule has 0 aliphatic carbocycles. The summed E-state index contributed by atoms with van der Waals surface area (Å²) in [5.41, 5.74) is 1.24. The van der Waals surface area contributed by atoms with E-state index in [1.807, 2.05) is 12.1 Å². The van der Waals surface area contributed by atoms with Gasteiger partial charge in [-0.25, -0.2) is 4.79 Å². The van der Waals surface area contributed by atoms with Crippen LogP contribution in [0.25, 0.3) is 0 Å². The van der Waals surface area contributed by atoms with Gasteiger partial charge in [-0.1, -0.05) is 18.2 Å². The van der Waals surface area contributed by atoms with Gasteiger partial charge in [0.05, 0.1) is 0 Å². The van der Waals surface area contributed by atoms with Crippen LogP contribution in [0.3, 0.4) is 0 Å². The highest BCUT2D eigenvalue weighted by molar-refractivity contribution is 7.99. The number of aryl methyl sites for hydroxylation is 1. The van der Waals surface area contributed by atoms with Crippen molar-refractivity contribution < 1.29 is 14.3 Å². The Balaban J connectivity index is 1.88. The van der Waals surface area contributed by atoms with Crippen LogP contribution in [0.4, 0.5) is 4.79 Å². The second kappa shape index (κ2) is 4.57. The number of cyclic esters (lactones) is 2. The zero-order valence-corrected chi connectivity index (χ0v) is 9.25. The van der Waals surface area contributed by atoms with Crippen LogP contribution in [0, 0.1) is 6.92 Å². The number of hydrogen-bond acceptors (Lipinski definition) is 4. The molecule has 4 heteroatoms. The first-order valence-electron chi connectivity index (χ1n) is 4.77. The highest BCUT2D eigenvalue weighted by Gasteiger charge is 2.24. The van der Waals surface area contributed by atoms with E-state index >= 15 is 0 Å². The van der Waals surface area contributed by atoms with Crippen LogP contribution in [0.5, 0.6) is 0 Å². The lowest BCUT2D eigenvalue weighted by atomic mass is 10.2. The van der Waals surface area contributed by atoms with Crippen LogP contribution in [-0.2, 0) is 9.47 Å². The van der Waals surface area contributed by atoms with Gasteiger partial charge < -0.3 is 9.47 Å². The van der Waals surface area contributed by atoms with Crippen LogP contribution in [0.15, 0.2) is 29.2 Å². The van der Waals surface area contributed by atoms with Crippen LogP contribution in [-0.4, -0.2) is 24.6 Å². The Hall–Kier alpha value is -1.16. The SMILES string of the molecule is Cc1ccccc1SCC1COC(=O)O1. The minimum atomic E-state index is -0.551. The standard InChI is InChI=1S/C11H12O3S/c1-8-4-2-3-5-10(8)15-7-9-6-13-11(12)14-9/h2-5,9H,6-7H2,1H3. The van der Waals surface area contributed by atoms with E-state index < -0.39 is 6.16 Å². The minimum absolute atomic E-state index is 0.109. The normalized spacial score (nSPS) is 19.8. The Kier molecular flexibility index (Phi) is 3.16. The second-order valence-electron chi connectivity index (χ2n) is 3.38. The van der Waals surface area contributed by atoms with Crippen molar-refractivity contribution in [2.45, 2.75) is 17.9 Å². The summed E-state index contributed by atoms with van der Waals surface area (Å²) in [7, 11) is 0.